The van der Waals surface area contributed by atoms with Gasteiger partial charge in [0.05, 0.1) is 17.8 Å². The van der Waals surface area contributed by atoms with Crippen LogP contribution in [0, 0.1) is 12.7 Å². The number of aryl methyl sites for hydroxylation is 1. The van der Waals surface area contributed by atoms with Crippen LogP contribution in [0.3, 0.4) is 0 Å². The van der Waals surface area contributed by atoms with Gasteiger partial charge in [0, 0.05) is 18.1 Å². The summed E-state index contributed by atoms with van der Waals surface area (Å²) in [6, 6.07) is 3.89. The van der Waals surface area contributed by atoms with E-state index in [4.69, 9.17) is 16.1 Å². The highest BCUT2D eigenvalue weighted by atomic mass is 35.5. The standard InChI is InChI=1S/C16H14ClFN6O2/c1-9-19-15(26-21-9)14-8-24(22-20-14)11-4-5-23(7-11)16(25)12-6-10(17)2-3-13(12)18/h2-3,6,8,11H,4-5,7H2,1H3/t11-/m1/s1. The molecule has 1 aromatic carbocycles. The van der Waals surface area contributed by atoms with E-state index in [1.807, 2.05) is 0 Å². The van der Waals surface area contributed by atoms with E-state index < -0.39 is 5.82 Å². The summed E-state index contributed by atoms with van der Waals surface area (Å²) in [6.45, 7) is 2.60. The third kappa shape index (κ3) is 3.05. The molecule has 2 aromatic heterocycles. The first-order valence-corrected chi connectivity index (χ1v) is 8.36. The zero-order valence-electron chi connectivity index (χ0n) is 13.8. The fraction of sp³-hybridized carbons (Fsp3) is 0.312. The molecule has 26 heavy (non-hydrogen) atoms. The second-order valence-electron chi connectivity index (χ2n) is 6.05. The van der Waals surface area contributed by atoms with E-state index in [1.54, 1.807) is 22.7 Å². The van der Waals surface area contributed by atoms with Crippen molar-refractivity contribution in [2.24, 2.45) is 0 Å². The number of likely N-dealkylation sites (tertiary alicyclic amines) is 1. The van der Waals surface area contributed by atoms with E-state index in [9.17, 15) is 9.18 Å². The quantitative estimate of drug-likeness (QED) is 0.697. The molecule has 3 aromatic rings. The van der Waals surface area contributed by atoms with Gasteiger partial charge in [-0.3, -0.25) is 4.79 Å². The molecule has 1 fully saturated rings. The number of benzene rings is 1. The van der Waals surface area contributed by atoms with Gasteiger partial charge < -0.3 is 9.42 Å². The average molecular weight is 377 g/mol. The first kappa shape index (κ1) is 16.6. The van der Waals surface area contributed by atoms with Crippen molar-refractivity contribution in [3.05, 3.63) is 46.6 Å². The lowest BCUT2D eigenvalue weighted by molar-refractivity contribution is 0.0782. The Morgan fingerprint density at radius 2 is 2.27 bits per heavy atom. The maximum absolute atomic E-state index is 13.9. The lowest BCUT2D eigenvalue weighted by Crippen LogP contribution is -2.30. The first-order valence-electron chi connectivity index (χ1n) is 7.98. The van der Waals surface area contributed by atoms with Gasteiger partial charge in [0.15, 0.2) is 11.5 Å². The minimum Gasteiger partial charge on any atom is -0.336 e. The summed E-state index contributed by atoms with van der Waals surface area (Å²) >= 11 is 5.88. The van der Waals surface area contributed by atoms with Crippen molar-refractivity contribution in [2.75, 3.05) is 13.1 Å². The molecule has 0 spiro atoms. The first-order chi connectivity index (χ1) is 12.5. The van der Waals surface area contributed by atoms with E-state index >= 15 is 0 Å². The maximum Gasteiger partial charge on any atom is 0.280 e. The minimum atomic E-state index is -0.586. The Kier molecular flexibility index (Phi) is 4.15. The van der Waals surface area contributed by atoms with Crippen molar-refractivity contribution in [3.63, 3.8) is 0 Å². The molecule has 1 amide bonds. The predicted octanol–water partition coefficient (Wildman–Crippen LogP) is 2.52. The van der Waals surface area contributed by atoms with E-state index in [0.717, 1.165) is 0 Å². The monoisotopic (exact) mass is 376 g/mol. The Hall–Kier alpha value is -2.81. The van der Waals surface area contributed by atoms with E-state index in [1.165, 1.54) is 18.2 Å². The number of aromatic nitrogens is 5. The SMILES string of the molecule is Cc1noc(-c2cn([C@@H]3CCN(C(=O)c4cc(Cl)ccc4F)C3)nn2)n1. The molecule has 8 nitrogen and oxygen atoms in total. The van der Waals surface area contributed by atoms with Gasteiger partial charge in [-0.25, -0.2) is 9.07 Å². The van der Waals surface area contributed by atoms with Gasteiger partial charge in [-0.1, -0.05) is 22.0 Å². The molecule has 0 radical (unpaired) electrons. The van der Waals surface area contributed by atoms with Crippen LogP contribution in [-0.2, 0) is 0 Å². The van der Waals surface area contributed by atoms with Gasteiger partial charge in [0.2, 0.25) is 0 Å². The molecule has 1 aliphatic rings. The van der Waals surface area contributed by atoms with Crippen molar-refractivity contribution in [1.29, 1.82) is 0 Å². The number of hydrogen-bond acceptors (Lipinski definition) is 6. The molecule has 10 heteroatoms. The van der Waals surface area contributed by atoms with E-state index in [0.29, 0.717) is 41.9 Å². The molecule has 0 bridgehead atoms. The molecule has 1 saturated heterocycles. The Morgan fingerprint density at radius 1 is 1.42 bits per heavy atom. The second-order valence-corrected chi connectivity index (χ2v) is 6.48. The normalized spacial score (nSPS) is 17.0. The van der Waals surface area contributed by atoms with Crippen LogP contribution in [-0.4, -0.2) is 49.0 Å². The highest BCUT2D eigenvalue weighted by Crippen LogP contribution is 2.25. The topological polar surface area (TPSA) is 89.9 Å². The van der Waals surface area contributed by atoms with Crippen LogP contribution >= 0.6 is 11.6 Å². The molecule has 4 rings (SSSR count). The van der Waals surface area contributed by atoms with Crippen LogP contribution in [0.15, 0.2) is 28.9 Å². The number of amides is 1. The molecule has 134 valence electrons. The lowest BCUT2D eigenvalue weighted by Gasteiger charge is -2.17. The highest BCUT2D eigenvalue weighted by molar-refractivity contribution is 6.31. The van der Waals surface area contributed by atoms with Crippen LogP contribution in [0.1, 0.15) is 28.6 Å². The van der Waals surface area contributed by atoms with Gasteiger partial charge in [0.25, 0.3) is 11.8 Å². The summed E-state index contributed by atoms with van der Waals surface area (Å²) in [5.41, 5.74) is 0.440. The molecule has 0 aliphatic carbocycles. The minimum absolute atomic E-state index is 0.0289. The fourth-order valence-corrected chi connectivity index (χ4v) is 3.10. The van der Waals surface area contributed by atoms with Gasteiger partial charge in [-0.2, -0.15) is 4.98 Å². The number of hydrogen-bond donors (Lipinski definition) is 0. The summed E-state index contributed by atoms with van der Waals surface area (Å²) < 4.78 is 20.7. The fourth-order valence-electron chi connectivity index (χ4n) is 2.93. The zero-order valence-corrected chi connectivity index (χ0v) is 14.5. The van der Waals surface area contributed by atoms with Crippen LogP contribution in [0.25, 0.3) is 11.6 Å². The van der Waals surface area contributed by atoms with E-state index in [2.05, 4.69) is 20.5 Å². The molecule has 1 atom stereocenters. The van der Waals surface area contributed by atoms with Gasteiger partial charge in [-0.05, 0) is 31.5 Å². The van der Waals surface area contributed by atoms with Crippen molar-refractivity contribution in [1.82, 2.24) is 30.0 Å². The van der Waals surface area contributed by atoms with Gasteiger partial charge in [0.1, 0.15) is 5.82 Å². The van der Waals surface area contributed by atoms with Crippen molar-refractivity contribution >= 4 is 17.5 Å². The third-order valence-electron chi connectivity index (χ3n) is 4.24. The van der Waals surface area contributed by atoms with E-state index in [-0.39, 0.29) is 17.5 Å². The smallest absolute Gasteiger partial charge is 0.280 e. The van der Waals surface area contributed by atoms with Crippen LogP contribution in [0.5, 0.6) is 0 Å². The number of nitrogens with zero attached hydrogens (tertiary/aromatic N) is 6. The summed E-state index contributed by atoms with van der Waals surface area (Å²) in [5, 5.41) is 12.2. The van der Waals surface area contributed by atoms with Crippen molar-refractivity contribution < 1.29 is 13.7 Å². The Bertz CT molecular complexity index is 971. The van der Waals surface area contributed by atoms with Crippen molar-refractivity contribution in [2.45, 2.75) is 19.4 Å². The van der Waals surface area contributed by atoms with Crippen molar-refractivity contribution in [3.8, 4) is 11.6 Å². The molecule has 1 aliphatic heterocycles. The van der Waals surface area contributed by atoms with Crippen LogP contribution in [0.2, 0.25) is 5.02 Å². The van der Waals surface area contributed by atoms with Crippen LogP contribution < -0.4 is 0 Å². The summed E-state index contributed by atoms with van der Waals surface area (Å²) in [7, 11) is 0. The number of rotatable bonds is 3. The molecule has 0 unspecified atom stereocenters. The largest absolute Gasteiger partial charge is 0.336 e. The van der Waals surface area contributed by atoms with Crippen LogP contribution in [0.4, 0.5) is 4.39 Å². The summed E-state index contributed by atoms with van der Waals surface area (Å²) in [4.78, 5) is 18.3. The molecule has 0 saturated carbocycles. The zero-order chi connectivity index (χ0) is 18.3. The van der Waals surface area contributed by atoms with Gasteiger partial charge >= 0.3 is 0 Å². The summed E-state index contributed by atoms with van der Waals surface area (Å²) in [6.07, 6.45) is 2.38. The number of carbonyl (C=O) groups is 1. The lowest BCUT2D eigenvalue weighted by atomic mass is 10.2. The Morgan fingerprint density at radius 3 is 3.04 bits per heavy atom. The molecule has 3 heterocycles. The highest BCUT2D eigenvalue weighted by Gasteiger charge is 2.30. The number of halogens is 2. The molecular formula is C16H14ClFN6O2. The number of carbonyl (C=O) groups excluding carboxylic acids is 1. The van der Waals surface area contributed by atoms with Gasteiger partial charge in [-0.15, -0.1) is 5.10 Å². The average Bonchev–Trinajstić information content (AvgIpc) is 3.35. The molecular weight excluding hydrogens is 363 g/mol. The third-order valence-corrected chi connectivity index (χ3v) is 4.48. The summed E-state index contributed by atoms with van der Waals surface area (Å²) in [5.74, 6) is -0.172. The second kappa shape index (κ2) is 6.49. The predicted molar refractivity (Wildman–Crippen MR) is 89.0 cm³/mol. The maximum atomic E-state index is 13.9. The Balaban J connectivity index is 1.49. The Labute approximate surface area is 152 Å². The molecule has 0 N–H and O–H groups in total.